The minimum absolute atomic E-state index is 0.109. The van der Waals surface area contributed by atoms with Crippen LogP contribution in [0, 0.1) is 5.92 Å². The van der Waals surface area contributed by atoms with Crippen LogP contribution in [0.4, 0.5) is 0 Å². The normalized spacial score (nSPS) is 13.7. The molecule has 0 fully saturated rings. The fourth-order valence-corrected chi connectivity index (χ4v) is 15.4. The number of rotatable bonds is 88. The summed E-state index contributed by atoms with van der Waals surface area (Å²) in [5, 5.41) is 10.7. The van der Waals surface area contributed by atoms with Gasteiger partial charge in [0.2, 0.25) is 0 Å². The lowest BCUT2D eigenvalue weighted by Gasteiger charge is -2.21. The van der Waals surface area contributed by atoms with E-state index in [-0.39, 0.29) is 25.7 Å². The molecule has 0 aliphatic rings. The number of aliphatic hydroxyl groups excluding tert-OH is 1. The van der Waals surface area contributed by atoms with Crippen molar-refractivity contribution in [3.05, 3.63) is 0 Å². The average Bonchev–Trinajstić information content (AvgIpc) is 0.903. The van der Waals surface area contributed by atoms with E-state index in [9.17, 15) is 43.2 Å². The Morgan fingerprint density at radius 3 is 0.636 bits per heavy atom. The number of hydrogen-bond acceptors (Lipinski definition) is 15. The molecule has 2 unspecified atom stereocenters. The number of carbonyl (C=O) groups is 4. The van der Waals surface area contributed by atoms with E-state index in [1.165, 1.54) is 302 Å². The quantitative estimate of drug-likeness (QED) is 0.0222. The summed E-state index contributed by atoms with van der Waals surface area (Å²) in [5.74, 6) is -1.27. The van der Waals surface area contributed by atoms with E-state index in [4.69, 9.17) is 37.0 Å². The summed E-state index contributed by atoms with van der Waals surface area (Å²) in [4.78, 5) is 73.3. The number of phosphoric ester groups is 2. The Kier molecular flexibility index (Phi) is 79.2. The van der Waals surface area contributed by atoms with Crippen molar-refractivity contribution in [3.8, 4) is 0 Å². The summed E-state index contributed by atoms with van der Waals surface area (Å²) in [6.45, 7) is 7.42. The van der Waals surface area contributed by atoms with E-state index in [2.05, 4.69) is 34.6 Å². The highest BCUT2D eigenvalue weighted by Crippen LogP contribution is 2.45. The SMILES string of the molecule is CCCCCCCCCCCCCCCCCCCCCC(=O)OC[C@H](COP(=O)(O)OC[C@@H](O)COP(=O)(O)OC[C@@H](COC(=O)CCCCCCCCCCCCCC)OC(=O)CCCCCCCCCCCCCCCCC)OC(=O)CCCCCCCCCCCCCCCCCCCCC(C)C. The second-order valence-corrected chi connectivity index (χ2v) is 35.0. The number of carbonyl (C=O) groups excluding carboxylic acids is 4. The van der Waals surface area contributed by atoms with Gasteiger partial charge in [0.05, 0.1) is 26.4 Å². The zero-order valence-corrected chi connectivity index (χ0v) is 72.1. The highest BCUT2D eigenvalue weighted by atomic mass is 31.2. The number of esters is 4. The predicted molar refractivity (Wildman–Crippen MR) is 442 cm³/mol. The Bertz CT molecular complexity index is 2030. The number of ether oxygens (including phenoxy) is 4. The molecule has 0 amide bonds. The molecule has 17 nitrogen and oxygen atoms in total. The van der Waals surface area contributed by atoms with Gasteiger partial charge in [-0.3, -0.25) is 37.3 Å². The van der Waals surface area contributed by atoms with Gasteiger partial charge in [0, 0.05) is 25.7 Å². The largest absolute Gasteiger partial charge is 0.472 e. The third-order valence-corrected chi connectivity index (χ3v) is 22.7. The molecule has 0 aliphatic heterocycles. The first-order valence-electron chi connectivity index (χ1n) is 45.6. The summed E-state index contributed by atoms with van der Waals surface area (Å²) in [7, 11) is -9.93. The summed E-state index contributed by atoms with van der Waals surface area (Å²) >= 11 is 0. The molecule has 0 spiro atoms. The summed E-state index contributed by atoms with van der Waals surface area (Å²) < 4.78 is 69.0. The Balaban J connectivity index is 5.24. The summed E-state index contributed by atoms with van der Waals surface area (Å²) in [6, 6.07) is 0. The van der Waals surface area contributed by atoms with Crippen LogP contribution in [-0.2, 0) is 65.4 Å². The lowest BCUT2D eigenvalue weighted by Crippen LogP contribution is -2.30. The fourth-order valence-electron chi connectivity index (χ4n) is 13.8. The van der Waals surface area contributed by atoms with E-state index >= 15 is 0 Å². The number of aliphatic hydroxyl groups is 1. The van der Waals surface area contributed by atoms with Gasteiger partial charge >= 0.3 is 39.5 Å². The maximum absolute atomic E-state index is 13.2. The predicted octanol–water partition coefficient (Wildman–Crippen LogP) is 27.2. The molecule has 0 aromatic rings. The Hall–Kier alpha value is -1.94. The van der Waals surface area contributed by atoms with Crippen molar-refractivity contribution in [1.29, 1.82) is 0 Å². The summed E-state index contributed by atoms with van der Waals surface area (Å²) in [5.41, 5.74) is 0. The zero-order chi connectivity index (χ0) is 78.3. The van der Waals surface area contributed by atoms with Crippen LogP contribution in [0.1, 0.15) is 478 Å². The van der Waals surface area contributed by atoms with Crippen molar-refractivity contribution in [3.63, 3.8) is 0 Å². The molecule has 0 rings (SSSR count). The van der Waals surface area contributed by atoms with Crippen molar-refractivity contribution in [1.82, 2.24) is 0 Å². The monoisotopic (exact) mass is 1560 g/mol. The molecular weight excluding hydrogens is 1390 g/mol. The van der Waals surface area contributed by atoms with E-state index in [0.717, 1.165) is 95.8 Å². The second kappa shape index (κ2) is 80.7. The first-order valence-corrected chi connectivity index (χ1v) is 48.6. The molecule has 107 heavy (non-hydrogen) atoms. The van der Waals surface area contributed by atoms with Crippen LogP contribution in [0.15, 0.2) is 0 Å². The molecule has 0 radical (unpaired) electrons. The number of hydrogen-bond donors (Lipinski definition) is 3. The van der Waals surface area contributed by atoms with E-state index in [0.29, 0.717) is 25.7 Å². The van der Waals surface area contributed by atoms with Crippen molar-refractivity contribution < 1.29 is 80.2 Å². The first kappa shape index (κ1) is 105. The average molecular weight is 1560 g/mol. The highest BCUT2D eigenvalue weighted by molar-refractivity contribution is 7.47. The van der Waals surface area contributed by atoms with Crippen LogP contribution >= 0.6 is 15.6 Å². The molecule has 19 heteroatoms. The Morgan fingerprint density at radius 1 is 0.252 bits per heavy atom. The summed E-state index contributed by atoms with van der Waals surface area (Å²) in [6.07, 6.45) is 74.9. The van der Waals surface area contributed by atoms with Crippen molar-refractivity contribution in [2.24, 2.45) is 5.92 Å². The molecular formula is C88H172O17P2. The van der Waals surface area contributed by atoms with Gasteiger partial charge in [-0.25, -0.2) is 9.13 Å². The van der Waals surface area contributed by atoms with E-state index < -0.39 is 97.5 Å². The zero-order valence-electron chi connectivity index (χ0n) is 70.3. The smallest absolute Gasteiger partial charge is 0.462 e. The van der Waals surface area contributed by atoms with Gasteiger partial charge in [0.25, 0.3) is 0 Å². The van der Waals surface area contributed by atoms with Gasteiger partial charge < -0.3 is 33.8 Å². The minimum Gasteiger partial charge on any atom is -0.462 e. The molecule has 0 saturated carbocycles. The number of unbranched alkanes of at least 4 members (excludes halogenated alkanes) is 60. The van der Waals surface area contributed by atoms with Gasteiger partial charge in [-0.05, 0) is 31.6 Å². The van der Waals surface area contributed by atoms with E-state index in [1.807, 2.05) is 0 Å². The Morgan fingerprint density at radius 2 is 0.430 bits per heavy atom. The minimum atomic E-state index is -4.97. The van der Waals surface area contributed by atoms with Gasteiger partial charge in [-0.1, -0.05) is 426 Å². The molecule has 0 aliphatic carbocycles. The third kappa shape index (κ3) is 81.9. The Labute approximate surface area is 658 Å². The fraction of sp³-hybridized carbons (Fsp3) is 0.955. The second-order valence-electron chi connectivity index (χ2n) is 32.1. The standard InChI is InChI=1S/C88H172O17P2/c1-6-9-12-15-18-21-24-27-29-30-31-35-39-42-47-52-57-62-67-72-86(91)99-78-84(105-88(93)74-69-64-59-54-49-44-40-36-33-32-34-38-41-45-50-55-60-65-70-81(4)5)80-103-107(96,97)101-76-82(89)75-100-106(94,95)102-79-83(77-98-85(90)71-66-61-56-51-46-26-23-20-17-14-11-8-3)104-87(92)73-68-63-58-53-48-43-37-28-25-22-19-16-13-10-7-2/h81-84,89H,6-80H2,1-5H3,(H,94,95)(H,96,97)/t82-,83+,84+/m0/s1. The highest BCUT2D eigenvalue weighted by Gasteiger charge is 2.30. The van der Waals surface area contributed by atoms with Crippen LogP contribution in [0.25, 0.3) is 0 Å². The van der Waals surface area contributed by atoms with Crippen LogP contribution in [0.5, 0.6) is 0 Å². The van der Waals surface area contributed by atoms with E-state index in [1.54, 1.807) is 0 Å². The first-order chi connectivity index (χ1) is 52.0. The van der Waals surface area contributed by atoms with Crippen LogP contribution in [-0.4, -0.2) is 96.7 Å². The molecule has 0 saturated heterocycles. The van der Waals surface area contributed by atoms with Crippen LogP contribution in [0.2, 0.25) is 0 Å². The lowest BCUT2D eigenvalue weighted by atomic mass is 10.0. The molecule has 0 heterocycles. The molecule has 0 aromatic heterocycles. The van der Waals surface area contributed by atoms with Crippen molar-refractivity contribution >= 4 is 39.5 Å². The maximum Gasteiger partial charge on any atom is 0.472 e. The number of phosphoric acid groups is 2. The van der Waals surface area contributed by atoms with Gasteiger partial charge in [0.1, 0.15) is 19.3 Å². The van der Waals surface area contributed by atoms with Crippen molar-refractivity contribution in [2.75, 3.05) is 39.6 Å². The molecule has 0 bridgehead atoms. The van der Waals surface area contributed by atoms with Crippen LogP contribution < -0.4 is 0 Å². The van der Waals surface area contributed by atoms with Gasteiger partial charge in [0.15, 0.2) is 12.2 Å². The van der Waals surface area contributed by atoms with Crippen molar-refractivity contribution in [2.45, 2.75) is 496 Å². The van der Waals surface area contributed by atoms with Gasteiger partial charge in [-0.2, -0.15) is 0 Å². The topological polar surface area (TPSA) is 237 Å². The molecule has 636 valence electrons. The molecule has 0 aromatic carbocycles. The third-order valence-electron chi connectivity index (χ3n) is 20.8. The van der Waals surface area contributed by atoms with Crippen LogP contribution in [0.3, 0.4) is 0 Å². The molecule has 5 atom stereocenters. The molecule has 3 N–H and O–H groups in total. The van der Waals surface area contributed by atoms with Gasteiger partial charge in [-0.15, -0.1) is 0 Å². The maximum atomic E-state index is 13.2. The lowest BCUT2D eigenvalue weighted by molar-refractivity contribution is -0.161.